The smallest absolute Gasteiger partial charge is 0.260 e. The highest BCUT2D eigenvalue weighted by Crippen LogP contribution is 2.33. The SMILES string of the molecule is Cc1oc2cc(O[C@H](C)C(=O)NC[C@H]3CCCO3)ccc2c(=O)c1-c1c(F)cccc1Cl. The van der Waals surface area contributed by atoms with E-state index >= 15 is 0 Å². The summed E-state index contributed by atoms with van der Waals surface area (Å²) in [5, 5.41) is 3.21. The lowest BCUT2D eigenvalue weighted by atomic mass is 10.0. The number of benzene rings is 2. The Balaban J connectivity index is 1.57. The second-order valence-electron chi connectivity index (χ2n) is 7.76. The van der Waals surface area contributed by atoms with Crippen LogP contribution in [0.2, 0.25) is 5.02 Å². The lowest BCUT2D eigenvalue weighted by Gasteiger charge is -2.17. The van der Waals surface area contributed by atoms with E-state index in [4.69, 9.17) is 25.5 Å². The van der Waals surface area contributed by atoms with Crippen molar-refractivity contribution in [2.24, 2.45) is 0 Å². The lowest BCUT2D eigenvalue weighted by molar-refractivity contribution is -0.127. The lowest BCUT2D eigenvalue weighted by Crippen LogP contribution is -2.40. The van der Waals surface area contributed by atoms with Crippen molar-refractivity contribution in [1.29, 1.82) is 0 Å². The molecule has 1 saturated heterocycles. The molecule has 1 aliphatic heterocycles. The minimum Gasteiger partial charge on any atom is -0.481 e. The van der Waals surface area contributed by atoms with Gasteiger partial charge >= 0.3 is 0 Å². The van der Waals surface area contributed by atoms with Crippen LogP contribution >= 0.6 is 11.6 Å². The summed E-state index contributed by atoms with van der Waals surface area (Å²) in [4.78, 5) is 25.4. The molecule has 168 valence electrons. The van der Waals surface area contributed by atoms with Gasteiger partial charge in [0.05, 0.1) is 22.1 Å². The van der Waals surface area contributed by atoms with Crippen LogP contribution in [0.15, 0.2) is 45.6 Å². The fraction of sp³-hybridized carbons (Fsp3) is 0.333. The number of hydrogen-bond donors (Lipinski definition) is 1. The van der Waals surface area contributed by atoms with Gasteiger partial charge in [-0.2, -0.15) is 0 Å². The topological polar surface area (TPSA) is 77.8 Å². The molecule has 0 unspecified atom stereocenters. The van der Waals surface area contributed by atoms with Gasteiger partial charge in [-0.3, -0.25) is 9.59 Å². The minimum atomic E-state index is -0.752. The van der Waals surface area contributed by atoms with E-state index in [0.717, 1.165) is 19.4 Å². The molecule has 8 heteroatoms. The number of hydrogen-bond acceptors (Lipinski definition) is 5. The first-order valence-corrected chi connectivity index (χ1v) is 10.8. The normalized spacial score (nSPS) is 16.8. The van der Waals surface area contributed by atoms with E-state index in [9.17, 15) is 14.0 Å². The van der Waals surface area contributed by atoms with Crippen LogP contribution < -0.4 is 15.5 Å². The first-order chi connectivity index (χ1) is 15.3. The summed E-state index contributed by atoms with van der Waals surface area (Å²) in [6, 6.07) is 8.88. The van der Waals surface area contributed by atoms with Crippen molar-refractivity contribution in [3.05, 3.63) is 63.2 Å². The highest BCUT2D eigenvalue weighted by molar-refractivity contribution is 6.33. The van der Waals surface area contributed by atoms with E-state index in [0.29, 0.717) is 12.3 Å². The number of amides is 1. The zero-order chi connectivity index (χ0) is 22.8. The Morgan fingerprint density at radius 3 is 2.84 bits per heavy atom. The van der Waals surface area contributed by atoms with Gasteiger partial charge in [0.15, 0.2) is 6.10 Å². The van der Waals surface area contributed by atoms with Crippen molar-refractivity contribution in [2.45, 2.75) is 38.9 Å². The van der Waals surface area contributed by atoms with Crippen LogP contribution in [0.25, 0.3) is 22.1 Å². The maximum absolute atomic E-state index is 14.4. The van der Waals surface area contributed by atoms with E-state index in [1.54, 1.807) is 26.0 Å². The molecule has 1 N–H and O–H groups in total. The Morgan fingerprint density at radius 1 is 1.31 bits per heavy atom. The number of halogens is 2. The summed E-state index contributed by atoms with van der Waals surface area (Å²) in [6.45, 7) is 4.38. The van der Waals surface area contributed by atoms with Crippen molar-refractivity contribution in [2.75, 3.05) is 13.2 Å². The highest BCUT2D eigenvalue weighted by atomic mass is 35.5. The third kappa shape index (κ3) is 4.49. The molecule has 0 aliphatic carbocycles. The highest BCUT2D eigenvalue weighted by Gasteiger charge is 2.22. The van der Waals surface area contributed by atoms with Crippen molar-refractivity contribution in [1.82, 2.24) is 5.32 Å². The van der Waals surface area contributed by atoms with Gasteiger partial charge in [0.1, 0.15) is 22.9 Å². The van der Waals surface area contributed by atoms with Gasteiger partial charge in [0.25, 0.3) is 5.91 Å². The summed E-state index contributed by atoms with van der Waals surface area (Å²) >= 11 is 6.15. The van der Waals surface area contributed by atoms with E-state index in [2.05, 4.69) is 5.32 Å². The predicted octanol–water partition coefficient (Wildman–Crippen LogP) is 4.62. The molecule has 1 amide bonds. The van der Waals surface area contributed by atoms with Crippen molar-refractivity contribution in [3.63, 3.8) is 0 Å². The molecule has 3 aromatic rings. The number of carbonyl (C=O) groups is 1. The average molecular weight is 460 g/mol. The zero-order valence-corrected chi connectivity index (χ0v) is 18.5. The number of ether oxygens (including phenoxy) is 2. The quantitative estimate of drug-likeness (QED) is 0.581. The number of fused-ring (bicyclic) bond motifs is 1. The summed E-state index contributed by atoms with van der Waals surface area (Å²) in [5.74, 6) is -0.261. The second kappa shape index (κ2) is 9.30. The van der Waals surface area contributed by atoms with E-state index in [1.807, 2.05) is 0 Å². The number of carbonyl (C=O) groups excluding carboxylic acids is 1. The zero-order valence-electron chi connectivity index (χ0n) is 17.7. The van der Waals surface area contributed by atoms with Crippen LogP contribution in [0.5, 0.6) is 5.75 Å². The van der Waals surface area contributed by atoms with E-state index < -0.39 is 17.3 Å². The van der Waals surface area contributed by atoms with Crippen LogP contribution in [0.3, 0.4) is 0 Å². The number of aryl methyl sites for hydroxylation is 1. The van der Waals surface area contributed by atoms with Crippen LogP contribution in [0.1, 0.15) is 25.5 Å². The van der Waals surface area contributed by atoms with Crippen LogP contribution in [0.4, 0.5) is 4.39 Å². The van der Waals surface area contributed by atoms with E-state index in [1.165, 1.54) is 24.3 Å². The summed E-state index contributed by atoms with van der Waals surface area (Å²) in [7, 11) is 0. The Labute approximate surface area is 189 Å². The molecule has 32 heavy (non-hydrogen) atoms. The molecule has 1 aromatic heterocycles. The molecule has 0 saturated carbocycles. The number of rotatable bonds is 6. The summed E-state index contributed by atoms with van der Waals surface area (Å²) in [6.07, 6.45) is 1.22. The Bertz CT molecular complexity index is 1200. The van der Waals surface area contributed by atoms with Crippen LogP contribution in [-0.4, -0.2) is 31.3 Å². The molecule has 0 radical (unpaired) electrons. The molecule has 4 rings (SSSR count). The predicted molar refractivity (Wildman–Crippen MR) is 120 cm³/mol. The molecular formula is C24H23ClFNO5. The van der Waals surface area contributed by atoms with Gasteiger partial charge in [-0.1, -0.05) is 17.7 Å². The van der Waals surface area contributed by atoms with E-state index in [-0.39, 0.29) is 44.9 Å². The molecule has 2 aromatic carbocycles. The Morgan fingerprint density at radius 2 is 2.12 bits per heavy atom. The minimum absolute atomic E-state index is 0.0131. The Hall–Kier alpha value is -2.90. The van der Waals surface area contributed by atoms with Crippen molar-refractivity contribution in [3.8, 4) is 16.9 Å². The first kappa shape index (κ1) is 22.3. The average Bonchev–Trinajstić information content (AvgIpc) is 3.27. The molecule has 0 bridgehead atoms. The fourth-order valence-electron chi connectivity index (χ4n) is 3.81. The maximum Gasteiger partial charge on any atom is 0.260 e. The number of nitrogens with one attached hydrogen (secondary N) is 1. The molecule has 1 aliphatic rings. The van der Waals surface area contributed by atoms with Crippen molar-refractivity contribution < 1.29 is 23.1 Å². The van der Waals surface area contributed by atoms with Gasteiger partial charge in [-0.25, -0.2) is 4.39 Å². The largest absolute Gasteiger partial charge is 0.481 e. The summed E-state index contributed by atoms with van der Waals surface area (Å²) in [5.41, 5.74) is -0.0341. The third-order valence-electron chi connectivity index (χ3n) is 5.46. The first-order valence-electron chi connectivity index (χ1n) is 10.4. The fourth-order valence-corrected chi connectivity index (χ4v) is 4.06. The molecule has 2 heterocycles. The maximum atomic E-state index is 14.4. The second-order valence-corrected chi connectivity index (χ2v) is 8.16. The van der Waals surface area contributed by atoms with Gasteiger partial charge in [-0.15, -0.1) is 0 Å². The molecule has 1 fully saturated rings. The Kier molecular flexibility index (Phi) is 6.48. The molecule has 6 nitrogen and oxygen atoms in total. The van der Waals surface area contributed by atoms with Gasteiger partial charge < -0.3 is 19.2 Å². The standard InChI is InChI=1S/C24H23ClFNO5/c1-13-21(22-18(25)6-3-7-19(22)26)23(28)17-9-8-15(11-20(17)32-13)31-14(2)24(29)27-12-16-5-4-10-30-16/h3,6-9,11,14,16H,4-5,10,12H2,1-2H3,(H,27,29)/t14-,16-/m1/s1. The molecule has 0 spiro atoms. The third-order valence-corrected chi connectivity index (χ3v) is 5.78. The van der Waals surface area contributed by atoms with Crippen LogP contribution in [0, 0.1) is 12.7 Å². The molecule has 2 atom stereocenters. The summed E-state index contributed by atoms with van der Waals surface area (Å²) < 4.78 is 31.5. The van der Waals surface area contributed by atoms with Gasteiger partial charge in [0.2, 0.25) is 5.43 Å². The molecular weight excluding hydrogens is 437 g/mol. The van der Waals surface area contributed by atoms with Crippen LogP contribution in [-0.2, 0) is 9.53 Å². The van der Waals surface area contributed by atoms with Crippen molar-refractivity contribution >= 4 is 28.5 Å². The van der Waals surface area contributed by atoms with Gasteiger partial charge in [0, 0.05) is 24.8 Å². The monoisotopic (exact) mass is 459 g/mol. The van der Waals surface area contributed by atoms with Gasteiger partial charge in [-0.05, 0) is 51.0 Å².